The highest BCUT2D eigenvalue weighted by Gasteiger charge is 2.17. The predicted octanol–water partition coefficient (Wildman–Crippen LogP) is 4.68. The van der Waals surface area contributed by atoms with Crippen LogP contribution in [-0.2, 0) is 16.6 Å². The van der Waals surface area contributed by atoms with Crippen molar-refractivity contribution in [2.75, 3.05) is 10.0 Å². The number of benzene rings is 3. The summed E-state index contributed by atoms with van der Waals surface area (Å²) in [5.74, 6) is -0.764. The van der Waals surface area contributed by atoms with E-state index in [0.29, 0.717) is 34.6 Å². The SMILES string of the molecule is Cc1ccc(S(=O)(=O)Nc2ccc(C(=O)Nc3ccccc3C(=O)NCc3cccnc3)cc2C)cc1. The van der Waals surface area contributed by atoms with Crippen molar-refractivity contribution in [2.24, 2.45) is 0 Å². The van der Waals surface area contributed by atoms with E-state index in [9.17, 15) is 18.0 Å². The van der Waals surface area contributed by atoms with Gasteiger partial charge in [-0.25, -0.2) is 8.42 Å². The third-order valence-corrected chi connectivity index (χ3v) is 7.04. The third kappa shape index (κ3) is 6.39. The molecule has 8 nitrogen and oxygen atoms in total. The quantitative estimate of drug-likeness (QED) is 0.316. The van der Waals surface area contributed by atoms with Crippen molar-refractivity contribution in [1.29, 1.82) is 0 Å². The third-order valence-electron chi connectivity index (χ3n) is 5.66. The van der Waals surface area contributed by atoms with Crippen molar-refractivity contribution in [3.63, 3.8) is 0 Å². The molecule has 3 aromatic carbocycles. The Labute approximate surface area is 215 Å². The van der Waals surface area contributed by atoms with Crippen LogP contribution in [0.4, 0.5) is 11.4 Å². The lowest BCUT2D eigenvalue weighted by Gasteiger charge is -2.14. The lowest BCUT2D eigenvalue weighted by atomic mass is 10.1. The number of hydrogen-bond donors (Lipinski definition) is 3. The van der Waals surface area contributed by atoms with Crippen LogP contribution in [0.1, 0.15) is 37.4 Å². The van der Waals surface area contributed by atoms with Crippen molar-refractivity contribution >= 4 is 33.2 Å². The van der Waals surface area contributed by atoms with Gasteiger partial charge in [0, 0.05) is 24.5 Å². The van der Waals surface area contributed by atoms with Gasteiger partial charge in [-0.3, -0.25) is 19.3 Å². The van der Waals surface area contributed by atoms with E-state index in [1.165, 1.54) is 6.07 Å². The Balaban J connectivity index is 1.46. The van der Waals surface area contributed by atoms with E-state index < -0.39 is 15.9 Å². The molecule has 0 bridgehead atoms. The Morgan fingerprint density at radius 2 is 1.59 bits per heavy atom. The zero-order valence-corrected chi connectivity index (χ0v) is 21.2. The number of anilines is 2. The molecule has 37 heavy (non-hydrogen) atoms. The molecule has 4 aromatic rings. The average molecular weight is 515 g/mol. The minimum atomic E-state index is -3.77. The summed E-state index contributed by atoms with van der Waals surface area (Å²) in [6.07, 6.45) is 3.32. The summed E-state index contributed by atoms with van der Waals surface area (Å²) < 4.78 is 28.0. The lowest BCUT2D eigenvalue weighted by Crippen LogP contribution is -2.25. The van der Waals surface area contributed by atoms with E-state index >= 15 is 0 Å². The number of aromatic nitrogens is 1. The zero-order chi connectivity index (χ0) is 26.4. The highest BCUT2D eigenvalue weighted by Crippen LogP contribution is 2.23. The molecule has 0 atom stereocenters. The van der Waals surface area contributed by atoms with Crippen LogP contribution in [0.25, 0.3) is 0 Å². The number of pyridine rings is 1. The largest absolute Gasteiger partial charge is 0.348 e. The van der Waals surface area contributed by atoms with Gasteiger partial charge in [-0.15, -0.1) is 0 Å². The molecule has 0 aliphatic rings. The first-order chi connectivity index (χ1) is 17.7. The molecule has 0 saturated heterocycles. The van der Waals surface area contributed by atoms with Crippen LogP contribution in [0, 0.1) is 13.8 Å². The summed E-state index contributed by atoms with van der Waals surface area (Å²) in [6.45, 7) is 3.89. The van der Waals surface area contributed by atoms with Crippen LogP contribution >= 0.6 is 0 Å². The fourth-order valence-electron chi connectivity index (χ4n) is 3.61. The molecule has 0 spiro atoms. The Kier molecular flexibility index (Phi) is 7.64. The van der Waals surface area contributed by atoms with Crippen LogP contribution in [0.2, 0.25) is 0 Å². The maximum absolute atomic E-state index is 13.0. The Hall–Kier alpha value is -4.50. The topological polar surface area (TPSA) is 117 Å². The predicted molar refractivity (Wildman–Crippen MR) is 143 cm³/mol. The van der Waals surface area contributed by atoms with Crippen LogP contribution in [0.3, 0.4) is 0 Å². The first-order valence-corrected chi connectivity index (χ1v) is 13.0. The minimum absolute atomic E-state index is 0.151. The zero-order valence-electron chi connectivity index (χ0n) is 20.4. The average Bonchev–Trinajstić information content (AvgIpc) is 2.89. The summed E-state index contributed by atoms with van der Waals surface area (Å²) >= 11 is 0. The highest BCUT2D eigenvalue weighted by molar-refractivity contribution is 7.92. The van der Waals surface area contributed by atoms with Gasteiger partial charge in [-0.2, -0.15) is 0 Å². The van der Waals surface area contributed by atoms with Gasteiger partial charge in [0.15, 0.2) is 0 Å². The Bertz CT molecular complexity index is 1540. The monoisotopic (exact) mass is 514 g/mol. The standard InChI is InChI=1S/C28H26N4O4S/c1-19-9-12-23(13-10-19)37(35,36)32-25-14-11-22(16-20(25)2)27(33)31-26-8-4-3-7-24(26)28(34)30-18-21-6-5-15-29-17-21/h3-17,32H,18H2,1-2H3,(H,30,34)(H,31,33). The first kappa shape index (κ1) is 25.6. The molecular formula is C28H26N4O4S. The van der Waals surface area contributed by atoms with Crippen LogP contribution in [0.15, 0.2) is 96.2 Å². The molecule has 0 fully saturated rings. The number of para-hydroxylation sites is 1. The Morgan fingerprint density at radius 3 is 2.30 bits per heavy atom. The molecule has 9 heteroatoms. The maximum atomic E-state index is 13.0. The number of sulfonamides is 1. The minimum Gasteiger partial charge on any atom is -0.348 e. The number of nitrogens with zero attached hydrogens (tertiary/aromatic N) is 1. The molecule has 0 saturated carbocycles. The molecule has 4 rings (SSSR count). The van der Waals surface area contributed by atoms with E-state index in [1.807, 2.05) is 13.0 Å². The summed E-state index contributed by atoms with van der Waals surface area (Å²) in [6, 6.07) is 21.6. The molecule has 3 N–H and O–H groups in total. The van der Waals surface area contributed by atoms with Crippen molar-refractivity contribution in [3.8, 4) is 0 Å². The summed E-state index contributed by atoms with van der Waals surface area (Å²) in [7, 11) is -3.77. The molecule has 0 aliphatic carbocycles. The molecule has 188 valence electrons. The van der Waals surface area contributed by atoms with E-state index in [1.54, 1.807) is 86.0 Å². The molecular weight excluding hydrogens is 488 g/mol. The van der Waals surface area contributed by atoms with Gasteiger partial charge in [0.25, 0.3) is 21.8 Å². The van der Waals surface area contributed by atoms with Gasteiger partial charge in [-0.05, 0) is 73.5 Å². The molecule has 1 heterocycles. The van der Waals surface area contributed by atoms with Gasteiger partial charge in [0.05, 0.1) is 21.8 Å². The lowest BCUT2D eigenvalue weighted by molar-refractivity contribution is 0.0951. The number of amides is 2. The van der Waals surface area contributed by atoms with Gasteiger partial charge < -0.3 is 10.6 Å². The van der Waals surface area contributed by atoms with Gasteiger partial charge in [0.2, 0.25) is 0 Å². The fraction of sp³-hybridized carbons (Fsp3) is 0.107. The highest BCUT2D eigenvalue weighted by atomic mass is 32.2. The second-order valence-corrected chi connectivity index (χ2v) is 10.2. The molecule has 0 radical (unpaired) electrons. The van der Waals surface area contributed by atoms with E-state index in [2.05, 4.69) is 20.3 Å². The van der Waals surface area contributed by atoms with Crippen LogP contribution < -0.4 is 15.4 Å². The van der Waals surface area contributed by atoms with Gasteiger partial charge >= 0.3 is 0 Å². The smallest absolute Gasteiger partial charge is 0.261 e. The summed E-state index contributed by atoms with van der Waals surface area (Å²) in [5, 5.41) is 5.61. The number of rotatable bonds is 8. The second-order valence-electron chi connectivity index (χ2n) is 8.49. The van der Waals surface area contributed by atoms with Gasteiger partial charge in [0.1, 0.15) is 0 Å². The van der Waals surface area contributed by atoms with Crippen molar-refractivity contribution in [1.82, 2.24) is 10.3 Å². The summed E-state index contributed by atoms with van der Waals surface area (Å²) in [4.78, 5) is 29.9. The van der Waals surface area contributed by atoms with Gasteiger partial charge in [-0.1, -0.05) is 35.9 Å². The normalized spacial score (nSPS) is 11.0. The first-order valence-electron chi connectivity index (χ1n) is 11.5. The van der Waals surface area contributed by atoms with Crippen LogP contribution in [0.5, 0.6) is 0 Å². The van der Waals surface area contributed by atoms with E-state index in [0.717, 1.165) is 11.1 Å². The molecule has 2 amide bonds. The number of nitrogens with one attached hydrogen (secondary N) is 3. The molecule has 0 unspecified atom stereocenters. The fourth-order valence-corrected chi connectivity index (χ4v) is 4.74. The van der Waals surface area contributed by atoms with Crippen molar-refractivity contribution < 1.29 is 18.0 Å². The van der Waals surface area contributed by atoms with Crippen LogP contribution in [-0.4, -0.2) is 25.2 Å². The number of carbonyl (C=O) groups excluding carboxylic acids is 2. The number of carbonyl (C=O) groups is 2. The Morgan fingerprint density at radius 1 is 0.838 bits per heavy atom. The number of aryl methyl sites for hydroxylation is 2. The molecule has 1 aromatic heterocycles. The molecule has 0 aliphatic heterocycles. The second kappa shape index (κ2) is 11.0. The number of hydrogen-bond acceptors (Lipinski definition) is 5. The van der Waals surface area contributed by atoms with Crippen molar-refractivity contribution in [3.05, 3.63) is 119 Å². The maximum Gasteiger partial charge on any atom is 0.261 e. The van der Waals surface area contributed by atoms with E-state index in [4.69, 9.17) is 0 Å². The van der Waals surface area contributed by atoms with Crippen molar-refractivity contribution in [2.45, 2.75) is 25.3 Å². The van der Waals surface area contributed by atoms with E-state index in [-0.39, 0.29) is 10.8 Å². The summed E-state index contributed by atoms with van der Waals surface area (Å²) in [5.41, 5.74) is 3.75.